The molecular weight excluding hydrogens is 536 g/mol. The van der Waals surface area contributed by atoms with E-state index in [2.05, 4.69) is 49.3 Å². The largest absolute Gasteiger partial charge is 0.748 e. The van der Waals surface area contributed by atoms with Gasteiger partial charge in [-0.05, 0) is 38.0 Å². The Bertz CT molecular complexity index is 1570. The Morgan fingerprint density at radius 1 is 0.897 bits per heavy atom. The van der Waals surface area contributed by atoms with Gasteiger partial charge in [-0.1, -0.05) is 56.3 Å². The van der Waals surface area contributed by atoms with Gasteiger partial charge in [-0.2, -0.15) is 13.0 Å². The third kappa shape index (κ3) is 6.19. The van der Waals surface area contributed by atoms with Gasteiger partial charge in [0.15, 0.2) is 5.71 Å². The predicted octanol–water partition coefficient (Wildman–Crippen LogP) is 4.51. The maximum absolute atomic E-state index is 11.3. The lowest BCUT2D eigenvalue weighted by Gasteiger charge is -2.27. The first-order chi connectivity index (χ1) is 18.1. The molecule has 210 valence electrons. The molecule has 0 saturated carbocycles. The van der Waals surface area contributed by atoms with Crippen LogP contribution in [0.4, 0.5) is 11.4 Å². The van der Waals surface area contributed by atoms with E-state index in [1.807, 2.05) is 54.6 Å². The fraction of sp³-hybridized carbons (Fsp3) is 0.414. The zero-order valence-electron chi connectivity index (χ0n) is 22.8. The molecule has 2 heterocycles. The Labute approximate surface area is 231 Å². The number of hydrogen-bond acceptors (Lipinski definition) is 6. The van der Waals surface area contributed by atoms with Crippen molar-refractivity contribution in [3.05, 3.63) is 83.6 Å². The number of para-hydroxylation sites is 2. The topological polar surface area (TPSA) is 118 Å². The molecule has 0 aliphatic carbocycles. The van der Waals surface area contributed by atoms with Crippen molar-refractivity contribution in [1.82, 2.24) is 0 Å². The maximum atomic E-state index is 11.3. The standard InChI is InChI=1S/C29H36N2O6S2/c1-28(2)22-12-5-7-14-24(22)30(18-10-20-38(32,33)34)26(28)16-9-17-27-29(3,4)23-13-6-8-15-25(23)31(27)19-11-21-39(35,36)37/h5-9,12-17H,10-11,18-21H2,1-4H3,(H-,32,33,34,35,36,37). The van der Waals surface area contributed by atoms with Crippen molar-refractivity contribution in [2.24, 2.45) is 0 Å². The van der Waals surface area contributed by atoms with Crippen molar-refractivity contribution in [2.75, 3.05) is 29.5 Å². The van der Waals surface area contributed by atoms with Gasteiger partial charge in [0.2, 0.25) is 5.69 Å². The van der Waals surface area contributed by atoms with Crippen LogP contribution in [0.15, 0.2) is 72.5 Å². The van der Waals surface area contributed by atoms with Gasteiger partial charge in [0.1, 0.15) is 6.54 Å². The molecule has 0 fully saturated rings. The van der Waals surface area contributed by atoms with Crippen LogP contribution in [-0.2, 0) is 31.1 Å². The number of benzene rings is 2. The lowest BCUT2D eigenvalue weighted by Crippen LogP contribution is -2.29. The van der Waals surface area contributed by atoms with Crippen LogP contribution >= 0.6 is 0 Å². The lowest BCUT2D eigenvalue weighted by atomic mass is 9.81. The molecule has 0 aromatic heterocycles. The highest BCUT2D eigenvalue weighted by molar-refractivity contribution is 7.85. The minimum Gasteiger partial charge on any atom is -0.748 e. The molecule has 10 heteroatoms. The molecule has 0 amide bonds. The molecule has 0 bridgehead atoms. The molecule has 0 saturated heterocycles. The Balaban J connectivity index is 1.71. The summed E-state index contributed by atoms with van der Waals surface area (Å²) in [5.74, 6) is -0.730. The first kappa shape index (κ1) is 29.2. The molecule has 2 aromatic carbocycles. The van der Waals surface area contributed by atoms with Crippen LogP contribution in [0.1, 0.15) is 51.7 Å². The Morgan fingerprint density at radius 2 is 1.54 bits per heavy atom. The van der Waals surface area contributed by atoms with Crippen molar-refractivity contribution < 1.29 is 30.5 Å². The number of hydrogen-bond donors (Lipinski definition) is 1. The molecule has 0 unspecified atom stereocenters. The number of anilines is 1. The number of nitrogens with zero attached hydrogens (tertiary/aromatic N) is 2. The minimum atomic E-state index is -4.30. The Hall–Kier alpha value is -2.79. The second-order valence-electron chi connectivity index (χ2n) is 11.1. The molecule has 2 aliphatic rings. The minimum absolute atomic E-state index is 0.221. The van der Waals surface area contributed by atoms with Crippen molar-refractivity contribution in [1.29, 1.82) is 0 Å². The van der Waals surface area contributed by atoms with E-state index in [1.54, 1.807) is 0 Å². The molecule has 0 spiro atoms. The van der Waals surface area contributed by atoms with Crippen LogP contribution in [0, 0.1) is 0 Å². The smallest absolute Gasteiger partial charge is 0.264 e. The number of fused-ring (bicyclic) bond motifs is 2. The molecule has 2 aromatic rings. The highest BCUT2D eigenvalue weighted by Crippen LogP contribution is 2.47. The van der Waals surface area contributed by atoms with E-state index in [1.165, 1.54) is 0 Å². The molecule has 2 aliphatic heterocycles. The molecule has 4 rings (SSSR count). The molecule has 0 radical (unpaired) electrons. The highest BCUT2D eigenvalue weighted by atomic mass is 32.2. The molecule has 39 heavy (non-hydrogen) atoms. The van der Waals surface area contributed by atoms with Gasteiger partial charge < -0.3 is 9.45 Å². The van der Waals surface area contributed by atoms with E-state index in [0.29, 0.717) is 13.1 Å². The van der Waals surface area contributed by atoms with Crippen LogP contribution in [-0.4, -0.2) is 60.8 Å². The lowest BCUT2D eigenvalue weighted by molar-refractivity contribution is -0.437. The van der Waals surface area contributed by atoms with Crippen LogP contribution in [0.2, 0.25) is 0 Å². The van der Waals surface area contributed by atoms with E-state index >= 15 is 0 Å². The SMILES string of the molecule is CC1(C)C(/C=C/C=C2\N(CCCS(=O)(=O)O)c3ccccc3C2(C)C)=[N+](CCCS(=O)(=O)[O-])c2ccccc21. The summed E-state index contributed by atoms with van der Waals surface area (Å²) in [7, 11) is -8.36. The summed E-state index contributed by atoms with van der Waals surface area (Å²) in [6, 6.07) is 16.1. The van der Waals surface area contributed by atoms with Crippen LogP contribution in [0.25, 0.3) is 0 Å². The molecular formula is C29H36N2O6S2. The maximum Gasteiger partial charge on any atom is 0.264 e. The summed E-state index contributed by atoms with van der Waals surface area (Å²) in [5, 5.41) is 0. The van der Waals surface area contributed by atoms with E-state index in [-0.39, 0.29) is 29.4 Å². The highest BCUT2D eigenvalue weighted by Gasteiger charge is 2.44. The molecule has 8 nitrogen and oxygen atoms in total. The summed E-state index contributed by atoms with van der Waals surface area (Å²) in [5.41, 5.74) is 5.60. The van der Waals surface area contributed by atoms with Gasteiger partial charge in [0.05, 0.1) is 21.3 Å². The van der Waals surface area contributed by atoms with E-state index in [4.69, 9.17) is 0 Å². The van der Waals surface area contributed by atoms with Gasteiger partial charge in [-0.3, -0.25) is 4.55 Å². The van der Waals surface area contributed by atoms with Crippen molar-refractivity contribution in [3.63, 3.8) is 0 Å². The second-order valence-corrected chi connectivity index (χ2v) is 14.2. The van der Waals surface area contributed by atoms with E-state index in [9.17, 15) is 25.9 Å². The fourth-order valence-corrected chi connectivity index (χ4v) is 6.78. The van der Waals surface area contributed by atoms with Crippen LogP contribution in [0.3, 0.4) is 0 Å². The summed E-state index contributed by atoms with van der Waals surface area (Å²) in [6.07, 6.45) is 6.56. The van der Waals surface area contributed by atoms with Crippen molar-refractivity contribution in [3.8, 4) is 0 Å². The van der Waals surface area contributed by atoms with Crippen LogP contribution < -0.4 is 4.90 Å². The third-order valence-corrected chi connectivity index (χ3v) is 9.26. The van der Waals surface area contributed by atoms with Gasteiger partial charge >= 0.3 is 0 Å². The average molecular weight is 573 g/mol. The van der Waals surface area contributed by atoms with Gasteiger partial charge in [0, 0.05) is 53.2 Å². The second kappa shape index (κ2) is 10.6. The summed E-state index contributed by atoms with van der Waals surface area (Å²) < 4.78 is 67.7. The van der Waals surface area contributed by atoms with E-state index < -0.39 is 26.0 Å². The Kier molecular flexibility index (Phi) is 7.97. The zero-order valence-corrected chi connectivity index (χ0v) is 24.4. The fourth-order valence-electron chi connectivity index (χ4n) is 5.80. The summed E-state index contributed by atoms with van der Waals surface area (Å²) in [6.45, 7) is 9.35. The van der Waals surface area contributed by atoms with Crippen LogP contribution in [0.5, 0.6) is 0 Å². The number of allylic oxidation sites excluding steroid dienone is 4. The third-order valence-electron chi connectivity index (χ3n) is 7.67. The molecule has 1 N–H and O–H groups in total. The normalized spacial score (nSPS) is 19.2. The van der Waals surface area contributed by atoms with Gasteiger partial charge in [-0.15, -0.1) is 0 Å². The zero-order chi connectivity index (χ0) is 28.6. The summed E-state index contributed by atoms with van der Waals surface area (Å²) in [4.78, 5) is 2.11. The Morgan fingerprint density at radius 3 is 2.21 bits per heavy atom. The quantitative estimate of drug-likeness (QED) is 0.329. The van der Waals surface area contributed by atoms with Crippen molar-refractivity contribution >= 4 is 37.3 Å². The van der Waals surface area contributed by atoms with Gasteiger partial charge in [0.25, 0.3) is 10.1 Å². The first-order valence-electron chi connectivity index (χ1n) is 13.0. The number of rotatable bonds is 10. The summed E-state index contributed by atoms with van der Waals surface area (Å²) >= 11 is 0. The average Bonchev–Trinajstić information content (AvgIpc) is 3.18. The monoisotopic (exact) mass is 572 g/mol. The van der Waals surface area contributed by atoms with Gasteiger partial charge in [-0.25, -0.2) is 8.42 Å². The predicted molar refractivity (Wildman–Crippen MR) is 154 cm³/mol. The van der Waals surface area contributed by atoms with E-state index in [0.717, 1.165) is 33.9 Å². The first-order valence-corrected chi connectivity index (χ1v) is 16.2. The molecule has 0 atom stereocenters. The van der Waals surface area contributed by atoms with Crippen molar-refractivity contribution in [2.45, 2.75) is 51.4 Å².